The van der Waals surface area contributed by atoms with Gasteiger partial charge in [0.05, 0.1) is 0 Å². The van der Waals surface area contributed by atoms with E-state index in [-0.39, 0.29) is 5.82 Å². The predicted octanol–water partition coefficient (Wildman–Crippen LogP) is 5.37. The summed E-state index contributed by atoms with van der Waals surface area (Å²) < 4.78 is 13.0. The average molecular weight is 343 g/mol. The summed E-state index contributed by atoms with van der Waals surface area (Å²) in [4.78, 5) is 8.84. The van der Waals surface area contributed by atoms with Crippen LogP contribution in [0.1, 0.15) is 11.3 Å². The summed E-state index contributed by atoms with van der Waals surface area (Å²) in [6, 6.07) is 13.5. The number of hydrogen-bond donors (Lipinski definition) is 2. The topological polar surface area (TPSA) is 49.8 Å². The molecule has 0 aliphatic rings. The maximum atomic E-state index is 13.0. The van der Waals surface area contributed by atoms with Gasteiger partial charge in [-0.3, -0.25) is 0 Å². The number of aryl methyl sites for hydroxylation is 1. The largest absolute Gasteiger partial charge is 0.340 e. The molecule has 2 N–H and O–H groups in total. The molecule has 1 heterocycles. The van der Waals surface area contributed by atoms with Crippen molar-refractivity contribution in [3.8, 4) is 0 Å². The fraction of sp³-hybridized carbons (Fsp3) is 0.111. The van der Waals surface area contributed by atoms with E-state index in [1.54, 1.807) is 12.1 Å². The van der Waals surface area contributed by atoms with Crippen LogP contribution < -0.4 is 10.6 Å². The van der Waals surface area contributed by atoms with E-state index in [0.29, 0.717) is 16.8 Å². The van der Waals surface area contributed by atoms with Gasteiger partial charge in [-0.2, -0.15) is 4.98 Å². The van der Waals surface area contributed by atoms with Gasteiger partial charge in [0.1, 0.15) is 11.6 Å². The molecule has 3 aromatic rings. The smallest absolute Gasteiger partial charge is 0.229 e. The van der Waals surface area contributed by atoms with E-state index in [9.17, 15) is 4.39 Å². The molecule has 0 spiro atoms. The standard InChI is InChI=1S/C18H16ClFN4/c1-11-10-17(22-14-8-6-13(20)7-9-14)24-18(21-11)23-16-5-3-4-15(19)12(16)2/h3-10H,1-2H3,(H2,21,22,23,24). The van der Waals surface area contributed by atoms with Crippen LogP contribution in [-0.2, 0) is 0 Å². The third-order valence-corrected chi connectivity index (χ3v) is 3.89. The van der Waals surface area contributed by atoms with Crippen molar-refractivity contribution in [2.45, 2.75) is 13.8 Å². The quantitative estimate of drug-likeness (QED) is 0.669. The SMILES string of the molecule is Cc1cc(Nc2ccc(F)cc2)nc(Nc2cccc(Cl)c2C)n1. The van der Waals surface area contributed by atoms with Gasteiger partial charge >= 0.3 is 0 Å². The summed E-state index contributed by atoms with van der Waals surface area (Å²) in [5.74, 6) is 0.805. The first-order valence-electron chi connectivity index (χ1n) is 7.42. The van der Waals surface area contributed by atoms with Crippen LogP contribution in [0.5, 0.6) is 0 Å². The van der Waals surface area contributed by atoms with Crippen molar-refractivity contribution in [1.82, 2.24) is 9.97 Å². The lowest BCUT2D eigenvalue weighted by molar-refractivity contribution is 0.628. The van der Waals surface area contributed by atoms with Crippen LogP contribution in [0.15, 0.2) is 48.5 Å². The molecule has 4 nitrogen and oxygen atoms in total. The van der Waals surface area contributed by atoms with E-state index in [1.165, 1.54) is 12.1 Å². The van der Waals surface area contributed by atoms with Gasteiger partial charge < -0.3 is 10.6 Å². The van der Waals surface area contributed by atoms with E-state index >= 15 is 0 Å². The van der Waals surface area contributed by atoms with Crippen molar-refractivity contribution >= 4 is 34.7 Å². The maximum absolute atomic E-state index is 13.0. The normalized spacial score (nSPS) is 10.5. The van der Waals surface area contributed by atoms with E-state index < -0.39 is 0 Å². The molecule has 6 heteroatoms. The highest BCUT2D eigenvalue weighted by Gasteiger charge is 2.07. The lowest BCUT2D eigenvalue weighted by atomic mass is 10.2. The maximum Gasteiger partial charge on any atom is 0.229 e. The Morgan fingerprint density at radius 1 is 0.958 bits per heavy atom. The van der Waals surface area contributed by atoms with Gasteiger partial charge in [-0.15, -0.1) is 0 Å². The molecule has 0 fully saturated rings. The number of nitrogens with zero attached hydrogens (tertiary/aromatic N) is 2. The predicted molar refractivity (Wildman–Crippen MR) is 95.9 cm³/mol. The highest BCUT2D eigenvalue weighted by atomic mass is 35.5. The van der Waals surface area contributed by atoms with E-state index in [4.69, 9.17) is 11.6 Å². The second-order valence-electron chi connectivity index (χ2n) is 5.39. The van der Waals surface area contributed by atoms with Crippen LogP contribution in [-0.4, -0.2) is 9.97 Å². The minimum absolute atomic E-state index is 0.279. The third kappa shape index (κ3) is 3.81. The van der Waals surface area contributed by atoms with Crippen molar-refractivity contribution in [2.75, 3.05) is 10.6 Å². The lowest BCUT2D eigenvalue weighted by Gasteiger charge is -2.12. The van der Waals surface area contributed by atoms with Gasteiger partial charge in [0.15, 0.2) is 0 Å². The molecule has 0 aliphatic carbocycles. The number of halogens is 2. The Bertz CT molecular complexity index is 865. The summed E-state index contributed by atoms with van der Waals surface area (Å²) >= 11 is 6.14. The van der Waals surface area contributed by atoms with Crippen LogP contribution in [0.3, 0.4) is 0 Å². The van der Waals surface area contributed by atoms with Crippen molar-refractivity contribution in [1.29, 1.82) is 0 Å². The molecular formula is C18H16ClFN4. The molecule has 0 unspecified atom stereocenters. The fourth-order valence-corrected chi connectivity index (χ4v) is 2.41. The van der Waals surface area contributed by atoms with Crippen molar-refractivity contribution in [2.24, 2.45) is 0 Å². The lowest BCUT2D eigenvalue weighted by Crippen LogP contribution is -2.03. The second kappa shape index (κ2) is 6.84. The molecule has 0 aliphatic heterocycles. The van der Waals surface area contributed by atoms with Gasteiger partial charge in [-0.1, -0.05) is 17.7 Å². The van der Waals surface area contributed by atoms with Gasteiger partial charge in [-0.05, 0) is 55.8 Å². The second-order valence-corrected chi connectivity index (χ2v) is 5.79. The van der Waals surface area contributed by atoms with Crippen LogP contribution in [0, 0.1) is 19.7 Å². The van der Waals surface area contributed by atoms with Gasteiger partial charge in [0, 0.05) is 28.2 Å². The summed E-state index contributed by atoms with van der Waals surface area (Å²) in [5, 5.41) is 7.00. The molecule has 0 atom stereocenters. The Labute approximate surface area is 144 Å². The van der Waals surface area contributed by atoms with Gasteiger partial charge in [0.2, 0.25) is 5.95 Å². The van der Waals surface area contributed by atoms with Gasteiger partial charge in [-0.25, -0.2) is 9.37 Å². The van der Waals surface area contributed by atoms with E-state index in [2.05, 4.69) is 20.6 Å². The molecule has 2 aromatic carbocycles. The highest BCUT2D eigenvalue weighted by Crippen LogP contribution is 2.26. The zero-order valence-corrected chi connectivity index (χ0v) is 14.0. The first-order valence-corrected chi connectivity index (χ1v) is 7.79. The monoisotopic (exact) mass is 342 g/mol. The number of hydrogen-bond acceptors (Lipinski definition) is 4. The van der Waals surface area contributed by atoms with E-state index in [0.717, 1.165) is 22.6 Å². The Balaban J connectivity index is 1.86. The molecule has 0 saturated carbocycles. The number of rotatable bonds is 4. The Kier molecular flexibility index (Phi) is 4.62. The molecule has 24 heavy (non-hydrogen) atoms. The van der Waals surface area contributed by atoms with Crippen LogP contribution in [0.2, 0.25) is 5.02 Å². The van der Waals surface area contributed by atoms with E-state index in [1.807, 2.05) is 38.1 Å². The molecular weight excluding hydrogens is 327 g/mol. The minimum atomic E-state index is -0.279. The molecule has 0 bridgehead atoms. The third-order valence-electron chi connectivity index (χ3n) is 3.49. The zero-order chi connectivity index (χ0) is 17.1. The van der Waals surface area contributed by atoms with Crippen LogP contribution in [0.25, 0.3) is 0 Å². The summed E-state index contributed by atoms with van der Waals surface area (Å²) in [7, 11) is 0. The fourth-order valence-electron chi connectivity index (χ4n) is 2.23. The number of nitrogens with one attached hydrogen (secondary N) is 2. The highest BCUT2D eigenvalue weighted by molar-refractivity contribution is 6.31. The molecule has 1 aromatic heterocycles. The van der Waals surface area contributed by atoms with Crippen LogP contribution in [0.4, 0.5) is 27.5 Å². The van der Waals surface area contributed by atoms with Gasteiger partial charge in [0.25, 0.3) is 0 Å². The first-order chi connectivity index (χ1) is 11.5. The number of aromatic nitrogens is 2. The summed E-state index contributed by atoms with van der Waals surface area (Å²) in [6.45, 7) is 3.81. The average Bonchev–Trinajstić information content (AvgIpc) is 2.54. The van der Waals surface area contributed by atoms with Crippen LogP contribution >= 0.6 is 11.6 Å². The molecule has 122 valence electrons. The summed E-state index contributed by atoms with van der Waals surface area (Å²) in [5.41, 5.74) is 3.33. The zero-order valence-electron chi connectivity index (χ0n) is 13.3. The van der Waals surface area contributed by atoms with Crippen molar-refractivity contribution in [3.63, 3.8) is 0 Å². The van der Waals surface area contributed by atoms with Crippen molar-refractivity contribution in [3.05, 3.63) is 70.6 Å². The molecule has 0 amide bonds. The Hall–Kier alpha value is -2.66. The molecule has 0 saturated heterocycles. The first kappa shape index (κ1) is 16.2. The number of anilines is 4. The molecule has 0 radical (unpaired) electrons. The van der Waals surface area contributed by atoms with Crippen molar-refractivity contribution < 1.29 is 4.39 Å². The Morgan fingerprint density at radius 2 is 1.71 bits per heavy atom. The molecule has 3 rings (SSSR count). The minimum Gasteiger partial charge on any atom is -0.340 e. The summed E-state index contributed by atoms with van der Waals surface area (Å²) in [6.07, 6.45) is 0. The number of benzene rings is 2. The Morgan fingerprint density at radius 3 is 2.46 bits per heavy atom.